The lowest BCUT2D eigenvalue weighted by Gasteiger charge is -2.22. The van der Waals surface area contributed by atoms with E-state index in [1.165, 1.54) is 71.9 Å². The molecule has 2 aliphatic heterocycles. The van der Waals surface area contributed by atoms with E-state index in [9.17, 15) is 0 Å². The fourth-order valence-corrected chi connectivity index (χ4v) is 6.78. The zero-order valence-electron chi connectivity index (χ0n) is 24.6. The Morgan fingerprint density at radius 1 is 0.533 bits per heavy atom. The second kappa shape index (κ2) is 10.4. The van der Waals surface area contributed by atoms with Gasteiger partial charge in [0.25, 0.3) is 0 Å². The summed E-state index contributed by atoms with van der Waals surface area (Å²) in [4.78, 5) is 6.59. The molecule has 45 heavy (non-hydrogen) atoms. The van der Waals surface area contributed by atoms with E-state index in [1.54, 1.807) is 0 Å². The maximum atomic E-state index is 4.26. The van der Waals surface area contributed by atoms with Crippen molar-refractivity contribution in [2.75, 3.05) is 10.2 Å². The molecule has 1 N–H and O–H groups in total. The van der Waals surface area contributed by atoms with Crippen LogP contribution in [0.4, 0.5) is 11.4 Å². The molecular weight excluding hydrogens is 546 g/mol. The van der Waals surface area contributed by atoms with Crippen molar-refractivity contribution in [2.24, 2.45) is 0 Å². The van der Waals surface area contributed by atoms with E-state index < -0.39 is 0 Å². The third kappa shape index (κ3) is 4.40. The lowest BCUT2D eigenvalue weighted by molar-refractivity contribution is 0.908. The Hall–Kier alpha value is -5.93. The summed E-state index contributed by atoms with van der Waals surface area (Å²) in [6.07, 6.45) is 12.4. The highest BCUT2D eigenvalue weighted by Gasteiger charge is 2.30. The number of aromatic nitrogens is 1. The van der Waals surface area contributed by atoms with E-state index in [1.807, 2.05) is 18.5 Å². The summed E-state index contributed by atoms with van der Waals surface area (Å²) in [5, 5.41) is 8.88. The van der Waals surface area contributed by atoms with Gasteiger partial charge in [-0.3, -0.25) is 4.98 Å². The molecule has 0 saturated carbocycles. The fourth-order valence-electron chi connectivity index (χ4n) is 6.78. The number of nitrogens with one attached hydrogen (secondary N) is 1. The molecule has 0 bridgehead atoms. The minimum Gasteiger partial charge on any atom is -0.359 e. The molecule has 3 heteroatoms. The molecule has 1 aromatic heterocycles. The zero-order valence-corrected chi connectivity index (χ0v) is 24.6. The molecule has 3 heterocycles. The average molecular weight is 576 g/mol. The number of benzene rings is 6. The van der Waals surface area contributed by atoms with E-state index in [0.29, 0.717) is 0 Å². The van der Waals surface area contributed by atoms with Crippen molar-refractivity contribution in [3.8, 4) is 44.5 Å². The van der Waals surface area contributed by atoms with Gasteiger partial charge in [0.2, 0.25) is 0 Å². The highest BCUT2D eigenvalue weighted by Crippen LogP contribution is 2.47. The molecule has 0 radical (unpaired) electrons. The minimum absolute atomic E-state index is 0.109. The van der Waals surface area contributed by atoms with Gasteiger partial charge < -0.3 is 10.2 Å². The van der Waals surface area contributed by atoms with Gasteiger partial charge in [-0.2, -0.15) is 0 Å². The van der Waals surface area contributed by atoms with Crippen molar-refractivity contribution in [3.05, 3.63) is 164 Å². The van der Waals surface area contributed by atoms with Crippen molar-refractivity contribution in [3.63, 3.8) is 0 Å². The van der Waals surface area contributed by atoms with Crippen molar-refractivity contribution in [1.82, 2.24) is 4.98 Å². The summed E-state index contributed by atoms with van der Waals surface area (Å²) in [7, 11) is 0. The molecule has 1 unspecified atom stereocenters. The Kier molecular flexibility index (Phi) is 5.88. The second-order valence-electron chi connectivity index (χ2n) is 11.8. The van der Waals surface area contributed by atoms with Gasteiger partial charge in [-0.05, 0) is 96.9 Å². The van der Waals surface area contributed by atoms with Gasteiger partial charge >= 0.3 is 0 Å². The standard InChI is InChI=1S/C42H29N3/c1-2-8-37-32(6-1)18-19-33-20-21-34(24-38(33)37)39-25-36(26-40-42(39)44-41-9-3-4-23-45(40)41)31-16-12-29(13-17-31)28-10-14-30(15-11-28)35-7-5-22-43-27-35/h1-27,41,44H. The van der Waals surface area contributed by atoms with Gasteiger partial charge in [-0.25, -0.2) is 0 Å². The molecule has 0 fully saturated rings. The van der Waals surface area contributed by atoms with Crippen LogP contribution in [0.15, 0.2) is 164 Å². The van der Waals surface area contributed by atoms with E-state index in [2.05, 4.69) is 161 Å². The van der Waals surface area contributed by atoms with Crippen LogP contribution in [0, 0.1) is 0 Å². The molecule has 0 amide bonds. The quantitative estimate of drug-likeness (QED) is 0.212. The van der Waals surface area contributed by atoms with Crippen LogP contribution >= 0.6 is 0 Å². The number of hydrogen-bond donors (Lipinski definition) is 1. The van der Waals surface area contributed by atoms with Gasteiger partial charge in [0.05, 0.1) is 11.4 Å². The third-order valence-corrected chi connectivity index (χ3v) is 9.13. The molecular formula is C42H29N3. The smallest absolute Gasteiger partial charge is 0.123 e. The number of pyridine rings is 1. The van der Waals surface area contributed by atoms with Crippen LogP contribution in [0.3, 0.4) is 0 Å². The fraction of sp³-hybridized carbons (Fsp3) is 0.0238. The van der Waals surface area contributed by atoms with Crippen LogP contribution in [0.2, 0.25) is 0 Å². The summed E-state index contributed by atoms with van der Waals surface area (Å²) >= 11 is 0. The number of hydrogen-bond acceptors (Lipinski definition) is 3. The molecule has 0 saturated heterocycles. The minimum atomic E-state index is 0.109. The Balaban J connectivity index is 1.13. The van der Waals surface area contributed by atoms with Crippen molar-refractivity contribution < 1.29 is 0 Å². The van der Waals surface area contributed by atoms with Gasteiger partial charge in [-0.15, -0.1) is 0 Å². The number of fused-ring (bicyclic) bond motifs is 6. The van der Waals surface area contributed by atoms with Crippen LogP contribution < -0.4 is 10.2 Å². The molecule has 0 aliphatic carbocycles. The van der Waals surface area contributed by atoms with Crippen molar-refractivity contribution in [2.45, 2.75) is 6.17 Å². The summed E-state index contributed by atoms with van der Waals surface area (Å²) < 4.78 is 0. The van der Waals surface area contributed by atoms with E-state index in [0.717, 1.165) is 5.56 Å². The highest BCUT2D eigenvalue weighted by atomic mass is 15.3. The monoisotopic (exact) mass is 575 g/mol. The Morgan fingerprint density at radius 3 is 1.96 bits per heavy atom. The van der Waals surface area contributed by atoms with Crippen molar-refractivity contribution >= 4 is 32.9 Å². The van der Waals surface area contributed by atoms with Gasteiger partial charge in [0, 0.05) is 24.2 Å². The normalized spacial score (nSPS) is 14.8. The number of rotatable bonds is 4. The largest absolute Gasteiger partial charge is 0.359 e. The Morgan fingerprint density at radius 2 is 1.20 bits per heavy atom. The van der Waals surface area contributed by atoms with Crippen LogP contribution in [0.1, 0.15) is 0 Å². The number of nitrogens with zero attached hydrogens (tertiary/aromatic N) is 2. The molecule has 3 nitrogen and oxygen atoms in total. The third-order valence-electron chi connectivity index (χ3n) is 9.13. The molecule has 7 aromatic rings. The first kappa shape index (κ1) is 25.6. The maximum Gasteiger partial charge on any atom is 0.123 e. The summed E-state index contributed by atoms with van der Waals surface area (Å²) in [5.41, 5.74) is 11.9. The van der Waals surface area contributed by atoms with E-state index in [4.69, 9.17) is 0 Å². The molecule has 0 spiro atoms. The van der Waals surface area contributed by atoms with Crippen molar-refractivity contribution in [1.29, 1.82) is 0 Å². The summed E-state index contributed by atoms with van der Waals surface area (Å²) in [6.45, 7) is 0. The van der Waals surface area contributed by atoms with E-state index >= 15 is 0 Å². The van der Waals surface area contributed by atoms with Gasteiger partial charge in [0.15, 0.2) is 0 Å². The molecule has 6 aromatic carbocycles. The zero-order chi connectivity index (χ0) is 29.7. The maximum absolute atomic E-state index is 4.26. The lowest BCUT2D eigenvalue weighted by atomic mass is 9.92. The predicted molar refractivity (Wildman–Crippen MR) is 189 cm³/mol. The number of anilines is 2. The molecule has 212 valence electrons. The van der Waals surface area contributed by atoms with Crippen LogP contribution in [-0.4, -0.2) is 11.1 Å². The Labute approximate surface area is 262 Å². The first-order valence-corrected chi connectivity index (χ1v) is 15.4. The average Bonchev–Trinajstić information content (AvgIpc) is 3.50. The van der Waals surface area contributed by atoms with Gasteiger partial charge in [0.1, 0.15) is 6.17 Å². The SMILES string of the molecule is C1=CC2Nc3c(-c4ccc5ccc6ccccc6c5c4)cc(-c4ccc(-c5ccc(-c6cccnc6)cc5)cc4)cc3N2C=C1. The van der Waals surface area contributed by atoms with Crippen LogP contribution in [0.5, 0.6) is 0 Å². The van der Waals surface area contributed by atoms with Crippen LogP contribution in [0.25, 0.3) is 66.1 Å². The second-order valence-corrected chi connectivity index (χ2v) is 11.8. The van der Waals surface area contributed by atoms with E-state index in [-0.39, 0.29) is 6.17 Å². The number of allylic oxidation sites excluding steroid dienone is 2. The predicted octanol–water partition coefficient (Wildman–Crippen LogP) is 10.7. The summed E-state index contributed by atoms with van der Waals surface area (Å²) in [5.74, 6) is 0. The summed E-state index contributed by atoms with van der Waals surface area (Å²) in [6, 6.07) is 46.4. The Bertz CT molecular complexity index is 2280. The first-order chi connectivity index (χ1) is 22.3. The first-order valence-electron chi connectivity index (χ1n) is 15.4. The topological polar surface area (TPSA) is 28.2 Å². The molecule has 2 aliphatic rings. The molecule has 9 rings (SSSR count). The highest BCUT2D eigenvalue weighted by molar-refractivity contribution is 6.09. The molecule has 1 atom stereocenters. The van der Waals surface area contributed by atoms with Crippen LogP contribution in [-0.2, 0) is 0 Å². The van der Waals surface area contributed by atoms with Gasteiger partial charge in [-0.1, -0.05) is 109 Å². The lowest BCUT2D eigenvalue weighted by Crippen LogP contribution is -2.30.